The van der Waals surface area contributed by atoms with Gasteiger partial charge < -0.3 is 15.8 Å². The fourth-order valence-electron chi connectivity index (χ4n) is 2.81. The molecule has 0 radical (unpaired) electrons. The minimum atomic E-state index is -0.724. The number of amidine groups is 1. The van der Waals surface area contributed by atoms with E-state index in [0.29, 0.717) is 6.54 Å². The Morgan fingerprint density at radius 1 is 1.40 bits per heavy atom. The first kappa shape index (κ1) is 14.4. The fourth-order valence-corrected chi connectivity index (χ4v) is 2.81. The van der Waals surface area contributed by atoms with Gasteiger partial charge >= 0.3 is 0 Å². The molecule has 1 aliphatic heterocycles. The van der Waals surface area contributed by atoms with E-state index in [1.807, 2.05) is 49.1 Å². The monoisotopic (exact) mass is 275 g/mol. The molecule has 1 aromatic carbocycles. The highest BCUT2D eigenvalue weighted by Gasteiger charge is 2.40. The van der Waals surface area contributed by atoms with Crippen LogP contribution < -0.4 is 5.73 Å². The SMILES string of the molecule is CC1(C)CCCN1C(=O)C(C(N)=NO)c1ccccc1. The molecular weight excluding hydrogens is 254 g/mol. The standard InChI is InChI=1S/C15H21N3O2/c1-15(2)9-6-10-18(15)14(19)12(13(16)17-20)11-7-4-3-5-8-11/h3-5,7-8,12,20H,6,9-10H2,1-2H3,(H2,16,17). The molecule has 1 unspecified atom stereocenters. The normalized spacial score (nSPS) is 19.9. The Kier molecular flexibility index (Phi) is 3.97. The third-order valence-electron chi connectivity index (χ3n) is 3.96. The lowest BCUT2D eigenvalue weighted by atomic mass is 9.94. The van der Waals surface area contributed by atoms with Crippen LogP contribution in [0.25, 0.3) is 0 Å². The Labute approximate surface area is 119 Å². The van der Waals surface area contributed by atoms with Crippen molar-refractivity contribution in [3.63, 3.8) is 0 Å². The third kappa shape index (κ3) is 2.61. The predicted molar refractivity (Wildman–Crippen MR) is 77.6 cm³/mol. The zero-order valence-electron chi connectivity index (χ0n) is 11.9. The average molecular weight is 275 g/mol. The van der Waals surface area contributed by atoms with Crippen molar-refractivity contribution in [2.45, 2.75) is 38.1 Å². The molecule has 0 aromatic heterocycles. The average Bonchev–Trinajstić information content (AvgIpc) is 2.79. The second kappa shape index (κ2) is 5.53. The smallest absolute Gasteiger partial charge is 0.238 e. The van der Waals surface area contributed by atoms with Crippen molar-refractivity contribution in [2.24, 2.45) is 10.9 Å². The minimum absolute atomic E-state index is 0.0658. The van der Waals surface area contributed by atoms with Gasteiger partial charge in [0.2, 0.25) is 5.91 Å². The molecule has 20 heavy (non-hydrogen) atoms. The number of amides is 1. The molecule has 0 spiro atoms. The van der Waals surface area contributed by atoms with Crippen LogP contribution in [0.4, 0.5) is 0 Å². The predicted octanol–water partition coefficient (Wildman–Crippen LogP) is 1.92. The highest BCUT2D eigenvalue weighted by molar-refractivity contribution is 6.07. The van der Waals surface area contributed by atoms with Gasteiger partial charge in [0.25, 0.3) is 0 Å². The van der Waals surface area contributed by atoms with E-state index in [9.17, 15) is 4.79 Å². The van der Waals surface area contributed by atoms with Crippen LogP contribution in [0.1, 0.15) is 38.2 Å². The highest BCUT2D eigenvalue weighted by Crippen LogP contribution is 2.32. The number of hydrogen-bond donors (Lipinski definition) is 2. The maximum absolute atomic E-state index is 12.8. The summed E-state index contributed by atoms with van der Waals surface area (Å²) in [5.74, 6) is -0.892. The van der Waals surface area contributed by atoms with E-state index in [2.05, 4.69) is 5.16 Å². The van der Waals surface area contributed by atoms with Gasteiger partial charge in [-0.3, -0.25) is 4.79 Å². The maximum Gasteiger partial charge on any atom is 0.238 e. The van der Waals surface area contributed by atoms with Crippen LogP contribution in [-0.4, -0.2) is 33.9 Å². The van der Waals surface area contributed by atoms with Crippen LogP contribution >= 0.6 is 0 Å². The van der Waals surface area contributed by atoms with Gasteiger partial charge in [-0.2, -0.15) is 0 Å². The van der Waals surface area contributed by atoms with Crippen molar-refractivity contribution in [2.75, 3.05) is 6.54 Å². The summed E-state index contributed by atoms with van der Waals surface area (Å²) in [6.07, 6.45) is 1.95. The van der Waals surface area contributed by atoms with Crippen LogP contribution in [0.5, 0.6) is 0 Å². The first-order valence-electron chi connectivity index (χ1n) is 6.81. The summed E-state index contributed by atoms with van der Waals surface area (Å²) < 4.78 is 0. The largest absolute Gasteiger partial charge is 0.409 e. The van der Waals surface area contributed by atoms with E-state index in [1.54, 1.807) is 0 Å². The highest BCUT2D eigenvalue weighted by atomic mass is 16.4. The van der Waals surface area contributed by atoms with E-state index >= 15 is 0 Å². The molecule has 1 fully saturated rings. The van der Waals surface area contributed by atoms with Gasteiger partial charge in [0.1, 0.15) is 5.92 Å². The molecule has 5 nitrogen and oxygen atoms in total. The summed E-state index contributed by atoms with van der Waals surface area (Å²) >= 11 is 0. The number of rotatable bonds is 3. The van der Waals surface area contributed by atoms with E-state index in [0.717, 1.165) is 18.4 Å². The van der Waals surface area contributed by atoms with Gasteiger partial charge in [-0.05, 0) is 32.3 Å². The van der Waals surface area contributed by atoms with E-state index in [-0.39, 0.29) is 17.3 Å². The lowest BCUT2D eigenvalue weighted by molar-refractivity contribution is -0.134. The van der Waals surface area contributed by atoms with Gasteiger partial charge in [-0.1, -0.05) is 35.5 Å². The summed E-state index contributed by atoms with van der Waals surface area (Å²) in [7, 11) is 0. The molecule has 108 valence electrons. The zero-order valence-corrected chi connectivity index (χ0v) is 11.9. The van der Waals surface area contributed by atoms with Gasteiger partial charge in [0.05, 0.1) is 0 Å². The fraction of sp³-hybridized carbons (Fsp3) is 0.467. The van der Waals surface area contributed by atoms with Crippen LogP contribution in [0, 0.1) is 0 Å². The molecule has 1 saturated heterocycles. The van der Waals surface area contributed by atoms with E-state index < -0.39 is 5.92 Å². The van der Waals surface area contributed by atoms with Gasteiger partial charge in [-0.15, -0.1) is 0 Å². The number of benzene rings is 1. The summed E-state index contributed by atoms with van der Waals surface area (Å²) in [5, 5.41) is 12.0. The van der Waals surface area contributed by atoms with Crippen LogP contribution in [0.3, 0.4) is 0 Å². The molecular formula is C15H21N3O2. The Balaban J connectivity index is 2.36. The topological polar surface area (TPSA) is 78.9 Å². The molecule has 5 heteroatoms. The molecule has 1 atom stereocenters. The van der Waals surface area contributed by atoms with Crippen molar-refractivity contribution in [3.05, 3.63) is 35.9 Å². The van der Waals surface area contributed by atoms with Gasteiger partial charge in [0, 0.05) is 12.1 Å². The van der Waals surface area contributed by atoms with E-state index in [1.165, 1.54) is 0 Å². The summed E-state index contributed by atoms with van der Waals surface area (Å²) in [5.41, 5.74) is 6.32. The number of oxime groups is 1. The molecule has 0 aliphatic carbocycles. The van der Waals surface area contributed by atoms with Crippen molar-refractivity contribution < 1.29 is 10.0 Å². The van der Waals surface area contributed by atoms with Crippen molar-refractivity contribution in [3.8, 4) is 0 Å². The number of carbonyl (C=O) groups is 1. The van der Waals surface area contributed by atoms with E-state index in [4.69, 9.17) is 10.9 Å². The Morgan fingerprint density at radius 3 is 2.55 bits per heavy atom. The van der Waals surface area contributed by atoms with Crippen molar-refractivity contribution in [1.29, 1.82) is 0 Å². The molecule has 1 amide bonds. The lowest BCUT2D eigenvalue weighted by Crippen LogP contribution is -2.47. The molecule has 2 rings (SSSR count). The summed E-state index contributed by atoms with van der Waals surface area (Å²) in [6.45, 7) is 4.81. The molecule has 1 aromatic rings. The number of nitrogens with zero attached hydrogens (tertiary/aromatic N) is 2. The second-order valence-corrected chi connectivity index (χ2v) is 5.77. The number of carbonyl (C=O) groups excluding carboxylic acids is 1. The quantitative estimate of drug-likeness (QED) is 0.383. The Hall–Kier alpha value is -2.04. The molecule has 1 heterocycles. The first-order valence-corrected chi connectivity index (χ1v) is 6.81. The lowest BCUT2D eigenvalue weighted by Gasteiger charge is -2.34. The van der Waals surface area contributed by atoms with Gasteiger partial charge in [0.15, 0.2) is 5.84 Å². The van der Waals surface area contributed by atoms with Crippen molar-refractivity contribution >= 4 is 11.7 Å². The number of hydrogen-bond acceptors (Lipinski definition) is 3. The first-order chi connectivity index (χ1) is 9.47. The molecule has 0 saturated carbocycles. The zero-order chi connectivity index (χ0) is 14.8. The van der Waals surface area contributed by atoms with Crippen LogP contribution in [0.15, 0.2) is 35.5 Å². The molecule has 1 aliphatic rings. The molecule has 0 bridgehead atoms. The summed E-state index contributed by atoms with van der Waals surface area (Å²) in [4.78, 5) is 14.7. The number of nitrogens with two attached hydrogens (primary N) is 1. The summed E-state index contributed by atoms with van der Waals surface area (Å²) in [6, 6.07) is 9.20. The van der Waals surface area contributed by atoms with Crippen LogP contribution in [-0.2, 0) is 4.79 Å². The van der Waals surface area contributed by atoms with Gasteiger partial charge in [-0.25, -0.2) is 0 Å². The third-order valence-corrected chi connectivity index (χ3v) is 3.96. The second-order valence-electron chi connectivity index (χ2n) is 5.77. The minimum Gasteiger partial charge on any atom is -0.409 e. The van der Waals surface area contributed by atoms with Crippen LogP contribution in [0.2, 0.25) is 0 Å². The van der Waals surface area contributed by atoms with Crippen molar-refractivity contribution in [1.82, 2.24) is 4.90 Å². The number of likely N-dealkylation sites (tertiary alicyclic amines) is 1. The Morgan fingerprint density at radius 2 is 2.05 bits per heavy atom. The Bertz CT molecular complexity index is 511. The molecule has 3 N–H and O–H groups in total. The maximum atomic E-state index is 12.8.